The highest BCUT2D eigenvalue weighted by Crippen LogP contribution is 2.20. The summed E-state index contributed by atoms with van der Waals surface area (Å²) in [5, 5.41) is 14.2. The van der Waals surface area contributed by atoms with Gasteiger partial charge in [0, 0.05) is 5.69 Å². The van der Waals surface area contributed by atoms with Crippen LogP contribution in [0.25, 0.3) is 0 Å². The maximum atomic E-state index is 12.6. The Kier molecular flexibility index (Phi) is 3.42. The molecule has 3 N–H and O–H groups in total. The average molecular weight is 315 g/mol. The molecule has 1 aliphatic rings. The Bertz CT molecular complexity index is 850. The minimum atomic E-state index is -3.93. The van der Waals surface area contributed by atoms with Gasteiger partial charge < -0.3 is 10.8 Å². The molecule has 22 heavy (non-hydrogen) atoms. The first-order valence-electron chi connectivity index (χ1n) is 6.62. The summed E-state index contributed by atoms with van der Waals surface area (Å²) in [6.45, 7) is 1.87. The number of fused-ring (bicyclic) bond motifs is 1. The van der Waals surface area contributed by atoms with E-state index in [1.54, 1.807) is 30.3 Å². The second kappa shape index (κ2) is 5.15. The largest absolute Gasteiger partial charge is 0.484 e. The summed E-state index contributed by atoms with van der Waals surface area (Å²) in [5.74, 6) is 0. The molecule has 0 radical (unpaired) electrons. The fourth-order valence-electron chi connectivity index (χ4n) is 2.25. The Labute approximate surface area is 129 Å². The van der Waals surface area contributed by atoms with Crippen molar-refractivity contribution >= 4 is 34.4 Å². The first-order chi connectivity index (χ1) is 10.4. The quantitative estimate of drug-likeness (QED) is 0.615. The molecule has 0 amide bonds. The molecule has 0 saturated carbocycles. The molecule has 1 heterocycles. The number of nitrogens with zero attached hydrogens (tertiary/aromatic N) is 2. The molecule has 0 fully saturated rings. The van der Waals surface area contributed by atoms with Crippen LogP contribution < -0.4 is 11.2 Å². The smallest absolute Gasteiger partial charge is 0.427 e. The van der Waals surface area contributed by atoms with Gasteiger partial charge in [-0.05, 0) is 42.2 Å². The Morgan fingerprint density at radius 1 is 1.18 bits per heavy atom. The van der Waals surface area contributed by atoms with Crippen molar-refractivity contribution in [1.29, 1.82) is 0 Å². The van der Waals surface area contributed by atoms with Crippen LogP contribution in [0.4, 0.5) is 5.69 Å². The van der Waals surface area contributed by atoms with E-state index in [0.29, 0.717) is 21.0 Å². The van der Waals surface area contributed by atoms with Crippen molar-refractivity contribution < 1.29 is 13.4 Å². The van der Waals surface area contributed by atoms with Crippen LogP contribution in [0.5, 0.6) is 0 Å². The fraction of sp³-hybridized carbons (Fsp3) is 0.0714. The lowest BCUT2D eigenvalue weighted by atomic mass is 9.71. The lowest BCUT2D eigenvalue weighted by Crippen LogP contribution is -2.52. The van der Waals surface area contributed by atoms with E-state index in [9.17, 15) is 13.4 Å². The van der Waals surface area contributed by atoms with Crippen molar-refractivity contribution in [3.8, 4) is 0 Å². The lowest BCUT2D eigenvalue weighted by Gasteiger charge is -2.26. The van der Waals surface area contributed by atoms with Crippen LogP contribution in [-0.4, -0.2) is 31.0 Å². The molecule has 2 aromatic rings. The molecule has 3 rings (SSSR count). The van der Waals surface area contributed by atoms with E-state index in [1.165, 1.54) is 18.3 Å². The van der Waals surface area contributed by atoms with Crippen molar-refractivity contribution in [2.24, 2.45) is 5.10 Å². The van der Waals surface area contributed by atoms with Crippen LogP contribution in [0.1, 0.15) is 11.1 Å². The number of anilines is 1. The van der Waals surface area contributed by atoms with Crippen LogP contribution in [0.3, 0.4) is 0 Å². The highest BCUT2D eigenvalue weighted by atomic mass is 32.2. The third kappa shape index (κ3) is 2.36. The molecule has 0 saturated heterocycles. The summed E-state index contributed by atoms with van der Waals surface area (Å²) in [7, 11) is -5.31. The van der Waals surface area contributed by atoms with E-state index < -0.39 is 17.1 Å². The van der Waals surface area contributed by atoms with E-state index in [2.05, 4.69) is 5.10 Å². The summed E-state index contributed by atoms with van der Waals surface area (Å²) in [4.78, 5) is 0.0770. The molecular formula is C14H14BN3O3S. The van der Waals surface area contributed by atoms with Crippen LogP contribution >= 0.6 is 0 Å². The maximum Gasteiger partial charge on any atom is 0.484 e. The van der Waals surface area contributed by atoms with E-state index in [4.69, 9.17) is 5.73 Å². The Morgan fingerprint density at radius 3 is 2.55 bits per heavy atom. The monoisotopic (exact) mass is 315 g/mol. The number of benzene rings is 2. The maximum absolute atomic E-state index is 12.6. The summed E-state index contributed by atoms with van der Waals surface area (Å²) in [6, 6.07) is 11.2. The van der Waals surface area contributed by atoms with Gasteiger partial charge in [-0.2, -0.15) is 9.43 Å². The molecule has 0 aliphatic carbocycles. The molecule has 6 nitrogen and oxygen atoms in total. The van der Waals surface area contributed by atoms with Gasteiger partial charge in [-0.1, -0.05) is 23.8 Å². The van der Waals surface area contributed by atoms with Gasteiger partial charge in [0.2, 0.25) is 0 Å². The van der Waals surface area contributed by atoms with Crippen LogP contribution in [-0.2, 0) is 10.0 Å². The van der Waals surface area contributed by atoms with E-state index in [-0.39, 0.29) is 4.90 Å². The van der Waals surface area contributed by atoms with Gasteiger partial charge in [-0.3, -0.25) is 0 Å². The van der Waals surface area contributed by atoms with Crippen LogP contribution in [0, 0.1) is 6.92 Å². The number of nitrogens with two attached hydrogens (primary N) is 1. The molecule has 0 aromatic heterocycles. The zero-order valence-corrected chi connectivity index (χ0v) is 12.7. The summed E-state index contributed by atoms with van der Waals surface area (Å²) in [5.41, 5.74) is 8.19. The third-order valence-corrected chi connectivity index (χ3v) is 5.13. The number of hydrazone groups is 1. The van der Waals surface area contributed by atoms with E-state index in [1.807, 2.05) is 6.92 Å². The topological polar surface area (TPSA) is 96.0 Å². The predicted molar refractivity (Wildman–Crippen MR) is 86.3 cm³/mol. The number of aryl methyl sites for hydroxylation is 1. The fourth-order valence-corrected chi connectivity index (χ4v) is 3.50. The minimum absolute atomic E-state index is 0.0770. The highest BCUT2D eigenvalue weighted by Gasteiger charge is 2.38. The second-order valence-corrected chi connectivity index (χ2v) is 6.89. The standard InChI is InChI=1S/C14H14BN3O3S/c1-10-2-5-13(6-3-10)22(20,21)18-15(19)14-7-4-12(16)8-11(14)9-17-18/h2-9,19H,16H2,1H3. The molecule has 8 heteroatoms. The normalized spacial score (nSPS) is 14.1. The average Bonchev–Trinajstić information content (AvgIpc) is 2.47. The van der Waals surface area contributed by atoms with Crippen LogP contribution in [0.15, 0.2) is 52.5 Å². The van der Waals surface area contributed by atoms with Crippen molar-refractivity contribution in [2.75, 3.05) is 5.73 Å². The molecular weight excluding hydrogens is 301 g/mol. The Balaban J connectivity index is 2.03. The lowest BCUT2D eigenvalue weighted by molar-refractivity contribution is 0.476. The predicted octanol–water partition coefficient (Wildman–Crippen LogP) is 0.303. The summed E-state index contributed by atoms with van der Waals surface area (Å²) in [6.07, 6.45) is 1.38. The Morgan fingerprint density at radius 2 is 1.86 bits per heavy atom. The number of sulfonamides is 1. The van der Waals surface area contributed by atoms with Gasteiger partial charge in [-0.15, -0.1) is 0 Å². The number of hydrogen-bond acceptors (Lipinski definition) is 5. The van der Waals surface area contributed by atoms with Gasteiger partial charge >= 0.3 is 7.05 Å². The zero-order valence-electron chi connectivity index (χ0n) is 11.8. The summed E-state index contributed by atoms with van der Waals surface area (Å²) >= 11 is 0. The van der Waals surface area contributed by atoms with E-state index in [0.717, 1.165) is 5.56 Å². The molecule has 0 unspecified atom stereocenters. The molecule has 0 bridgehead atoms. The third-order valence-electron chi connectivity index (χ3n) is 3.47. The van der Waals surface area contributed by atoms with Crippen molar-refractivity contribution in [2.45, 2.75) is 11.8 Å². The van der Waals surface area contributed by atoms with Crippen molar-refractivity contribution in [3.63, 3.8) is 0 Å². The van der Waals surface area contributed by atoms with Gasteiger partial charge in [-0.25, -0.2) is 8.42 Å². The van der Waals surface area contributed by atoms with Gasteiger partial charge in [0.15, 0.2) is 0 Å². The van der Waals surface area contributed by atoms with Gasteiger partial charge in [0.05, 0.1) is 11.1 Å². The minimum Gasteiger partial charge on any atom is -0.427 e. The SMILES string of the molecule is Cc1ccc(S(=O)(=O)N2N=Cc3cc(N)ccc3B2O)cc1. The number of hydrogen-bond donors (Lipinski definition) is 2. The zero-order chi connectivity index (χ0) is 15.9. The number of rotatable bonds is 2. The summed E-state index contributed by atoms with van der Waals surface area (Å²) < 4.78 is 25.9. The van der Waals surface area contributed by atoms with Crippen molar-refractivity contribution in [3.05, 3.63) is 53.6 Å². The molecule has 112 valence electrons. The first kappa shape index (κ1) is 14.6. The van der Waals surface area contributed by atoms with Gasteiger partial charge in [0.25, 0.3) is 10.0 Å². The van der Waals surface area contributed by atoms with Crippen LogP contribution in [0.2, 0.25) is 0 Å². The van der Waals surface area contributed by atoms with Crippen molar-refractivity contribution in [1.82, 2.24) is 4.33 Å². The van der Waals surface area contributed by atoms with Gasteiger partial charge in [0.1, 0.15) is 0 Å². The molecule has 1 aliphatic heterocycles. The Hall–Kier alpha value is -2.32. The molecule has 0 atom stereocenters. The first-order valence-corrected chi connectivity index (χ1v) is 8.06. The number of nitrogen functional groups attached to an aromatic ring is 1. The molecule has 2 aromatic carbocycles. The second-order valence-electron chi connectivity index (χ2n) is 5.10. The van der Waals surface area contributed by atoms with E-state index >= 15 is 0 Å². The highest BCUT2D eigenvalue weighted by molar-refractivity contribution is 7.90. The molecule has 0 spiro atoms.